The Labute approximate surface area is 106 Å². The summed E-state index contributed by atoms with van der Waals surface area (Å²) < 4.78 is 42.5. The summed E-state index contributed by atoms with van der Waals surface area (Å²) >= 11 is 0.887. The summed E-state index contributed by atoms with van der Waals surface area (Å²) in [5, 5.41) is 0. The van der Waals surface area contributed by atoms with E-state index in [0.717, 1.165) is 24.0 Å². The highest BCUT2D eigenvalue weighted by Gasteiger charge is 2.34. The van der Waals surface area contributed by atoms with Gasteiger partial charge in [-0.05, 0) is 6.07 Å². The van der Waals surface area contributed by atoms with Crippen molar-refractivity contribution in [2.75, 3.05) is 18.6 Å². The molecule has 2 N–H and O–H groups in total. The number of esters is 1. The second-order valence-electron chi connectivity index (χ2n) is 3.28. The van der Waals surface area contributed by atoms with E-state index >= 15 is 0 Å². The Morgan fingerprint density at radius 2 is 2.22 bits per heavy atom. The number of methoxy groups -OCH3 is 1. The number of anilines is 1. The molecule has 100 valence electrons. The van der Waals surface area contributed by atoms with Gasteiger partial charge in [-0.1, -0.05) is 0 Å². The number of rotatable bonds is 4. The zero-order chi connectivity index (χ0) is 13.8. The predicted molar refractivity (Wildman–Crippen MR) is 61.0 cm³/mol. The molecule has 0 saturated heterocycles. The number of nitrogens with zero attached hydrogens (tertiary/aromatic N) is 1. The molecular formula is C10H11F3N2O2S. The van der Waals surface area contributed by atoms with Crippen LogP contribution >= 0.6 is 11.8 Å². The Morgan fingerprint density at radius 3 is 2.78 bits per heavy atom. The lowest BCUT2D eigenvalue weighted by Crippen LogP contribution is -2.09. The number of carbonyl (C=O) groups excluding carboxylic acids is 1. The quantitative estimate of drug-likeness (QED) is 0.677. The van der Waals surface area contributed by atoms with Crippen molar-refractivity contribution in [2.24, 2.45) is 0 Å². The van der Waals surface area contributed by atoms with Crippen LogP contribution in [-0.2, 0) is 15.7 Å². The fourth-order valence-corrected chi connectivity index (χ4v) is 2.09. The van der Waals surface area contributed by atoms with Crippen molar-refractivity contribution in [3.8, 4) is 0 Å². The molecule has 0 aliphatic heterocycles. The number of aromatic nitrogens is 1. The number of thioether (sulfide) groups is 1. The third-order valence-corrected chi connectivity index (χ3v) is 3.03. The molecule has 1 rings (SSSR count). The maximum absolute atomic E-state index is 12.7. The highest BCUT2D eigenvalue weighted by atomic mass is 32.2. The van der Waals surface area contributed by atoms with Crippen LogP contribution in [0.3, 0.4) is 0 Å². The second-order valence-corrected chi connectivity index (χ2v) is 4.41. The number of ether oxygens (including phenoxy) is 1. The van der Waals surface area contributed by atoms with E-state index < -0.39 is 17.7 Å². The number of carbonyl (C=O) groups is 1. The number of hydrogen-bond acceptors (Lipinski definition) is 5. The van der Waals surface area contributed by atoms with Gasteiger partial charge in [-0.25, -0.2) is 4.98 Å². The van der Waals surface area contributed by atoms with Crippen LogP contribution < -0.4 is 5.73 Å². The van der Waals surface area contributed by atoms with Crippen LogP contribution in [-0.4, -0.2) is 23.8 Å². The average molecular weight is 280 g/mol. The molecule has 0 bridgehead atoms. The summed E-state index contributed by atoms with van der Waals surface area (Å²) in [6.45, 7) is 0. The summed E-state index contributed by atoms with van der Waals surface area (Å²) in [6, 6.07) is 0.778. The van der Waals surface area contributed by atoms with Gasteiger partial charge in [0.05, 0.1) is 19.1 Å². The van der Waals surface area contributed by atoms with Crippen LogP contribution in [0, 0.1) is 0 Å². The van der Waals surface area contributed by atoms with Crippen LogP contribution in [0.4, 0.5) is 19.0 Å². The minimum atomic E-state index is -4.50. The molecule has 0 aromatic carbocycles. The van der Waals surface area contributed by atoms with Crippen LogP contribution in [0.1, 0.15) is 12.0 Å². The van der Waals surface area contributed by atoms with Gasteiger partial charge in [0.15, 0.2) is 0 Å². The van der Waals surface area contributed by atoms with Crippen molar-refractivity contribution >= 4 is 23.5 Å². The maximum Gasteiger partial charge on any atom is 0.417 e. The Bertz CT molecular complexity index is 438. The van der Waals surface area contributed by atoms with Gasteiger partial charge in [0.25, 0.3) is 0 Å². The molecule has 0 amide bonds. The molecule has 1 aromatic rings. The van der Waals surface area contributed by atoms with Crippen LogP contribution in [0.5, 0.6) is 0 Å². The molecule has 0 atom stereocenters. The largest absolute Gasteiger partial charge is 0.469 e. The van der Waals surface area contributed by atoms with Gasteiger partial charge in [-0.2, -0.15) is 13.2 Å². The first-order valence-electron chi connectivity index (χ1n) is 4.87. The summed E-state index contributed by atoms with van der Waals surface area (Å²) in [4.78, 5) is 14.4. The lowest BCUT2D eigenvalue weighted by molar-refractivity contribution is -0.140. The SMILES string of the molecule is COC(=O)CCSc1cnc(N)cc1C(F)(F)F. The summed E-state index contributed by atoms with van der Waals surface area (Å²) in [6.07, 6.45) is -3.41. The molecule has 8 heteroatoms. The molecule has 0 radical (unpaired) electrons. The Balaban J connectivity index is 2.79. The van der Waals surface area contributed by atoms with Crippen LogP contribution in [0.15, 0.2) is 17.2 Å². The third kappa shape index (κ3) is 4.10. The minimum absolute atomic E-state index is 0.0306. The first-order valence-corrected chi connectivity index (χ1v) is 5.85. The third-order valence-electron chi connectivity index (χ3n) is 1.99. The smallest absolute Gasteiger partial charge is 0.417 e. The number of nitrogens with two attached hydrogens (primary N) is 1. The number of hydrogen-bond donors (Lipinski definition) is 1. The zero-order valence-electron chi connectivity index (χ0n) is 9.45. The van der Waals surface area contributed by atoms with Gasteiger partial charge in [-0.15, -0.1) is 11.8 Å². The lowest BCUT2D eigenvalue weighted by Gasteiger charge is -2.12. The zero-order valence-corrected chi connectivity index (χ0v) is 10.3. The lowest BCUT2D eigenvalue weighted by atomic mass is 10.2. The highest BCUT2D eigenvalue weighted by molar-refractivity contribution is 7.99. The molecule has 0 saturated carbocycles. The standard InChI is InChI=1S/C10H11F3N2O2S/c1-17-9(16)2-3-18-7-5-15-8(14)4-6(7)10(11,12)13/h4-5H,2-3H2,1H3,(H2,14,15). The van der Waals surface area contributed by atoms with E-state index in [-0.39, 0.29) is 22.9 Å². The molecule has 1 heterocycles. The Hall–Kier alpha value is -1.44. The molecule has 1 aromatic heterocycles. The monoisotopic (exact) mass is 280 g/mol. The number of alkyl halides is 3. The van der Waals surface area contributed by atoms with E-state index in [1.807, 2.05) is 0 Å². The molecule has 0 aliphatic carbocycles. The van der Waals surface area contributed by atoms with E-state index in [0.29, 0.717) is 0 Å². The Kier molecular flexibility index (Phi) is 4.83. The molecule has 18 heavy (non-hydrogen) atoms. The second kappa shape index (κ2) is 5.94. The van der Waals surface area contributed by atoms with Gasteiger partial charge in [0, 0.05) is 16.8 Å². The summed E-state index contributed by atoms with van der Waals surface area (Å²) in [5.41, 5.74) is 4.39. The van der Waals surface area contributed by atoms with E-state index in [2.05, 4.69) is 9.72 Å². The molecule has 0 aliphatic rings. The fraction of sp³-hybridized carbons (Fsp3) is 0.400. The van der Waals surface area contributed by atoms with Gasteiger partial charge >= 0.3 is 12.1 Å². The van der Waals surface area contributed by atoms with Crippen molar-refractivity contribution in [1.29, 1.82) is 0 Å². The van der Waals surface area contributed by atoms with E-state index in [1.165, 1.54) is 7.11 Å². The number of pyridine rings is 1. The molecule has 0 unspecified atom stereocenters. The normalized spacial score (nSPS) is 11.3. The first-order chi connectivity index (χ1) is 8.34. The minimum Gasteiger partial charge on any atom is -0.469 e. The van der Waals surface area contributed by atoms with Gasteiger partial charge < -0.3 is 10.5 Å². The average Bonchev–Trinajstić information content (AvgIpc) is 2.29. The van der Waals surface area contributed by atoms with E-state index in [9.17, 15) is 18.0 Å². The topological polar surface area (TPSA) is 65.2 Å². The molecule has 0 spiro atoms. The van der Waals surface area contributed by atoms with Crippen LogP contribution in [0.2, 0.25) is 0 Å². The maximum atomic E-state index is 12.7. The number of halogens is 3. The highest BCUT2D eigenvalue weighted by Crippen LogP contribution is 2.37. The molecule has 0 fully saturated rings. The van der Waals surface area contributed by atoms with Crippen molar-refractivity contribution in [2.45, 2.75) is 17.5 Å². The van der Waals surface area contributed by atoms with Crippen LogP contribution in [0.25, 0.3) is 0 Å². The van der Waals surface area contributed by atoms with E-state index in [1.54, 1.807) is 0 Å². The van der Waals surface area contributed by atoms with E-state index in [4.69, 9.17) is 5.73 Å². The van der Waals surface area contributed by atoms with Gasteiger partial charge in [-0.3, -0.25) is 4.79 Å². The summed E-state index contributed by atoms with van der Waals surface area (Å²) in [5.74, 6) is -0.486. The predicted octanol–water partition coefficient (Wildman–Crippen LogP) is 2.34. The van der Waals surface area contributed by atoms with Crippen molar-refractivity contribution in [1.82, 2.24) is 4.98 Å². The van der Waals surface area contributed by atoms with Crippen molar-refractivity contribution < 1.29 is 22.7 Å². The molecule has 4 nitrogen and oxygen atoms in total. The molecular weight excluding hydrogens is 269 g/mol. The van der Waals surface area contributed by atoms with Gasteiger partial charge in [0.1, 0.15) is 5.82 Å². The van der Waals surface area contributed by atoms with Gasteiger partial charge in [0.2, 0.25) is 0 Å². The first kappa shape index (κ1) is 14.6. The van der Waals surface area contributed by atoms with Crippen molar-refractivity contribution in [3.63, 3.8) is 0 Å². The fourth-order valence-electron chi connectivity index (χ4n) is 1.14. The van der Waals surface area contributed by atoms with Crippen molar-refractivity contribution in [3.05, 3.63) is 17.8 Å². The Morgan fingerprint density at radius 1 is 1.56 bits per heavy atom. The summed E-state index contributed by atoms with van der Waals surface area (Å²) in [7, 11) is 1.22. The number of nitrogen functional groups attached to an aromatic ring is 1.